The Hall–Kier alpha value is -9.70. The molecule has 0 bridgehead atoms. The van der Waals surface area contributed by atoms with E-state index in [1.54, 1.807) is 56.7 Å². The predicted octanol–water partition coefficient (Wildman–Crippen LogP) is 32.0. The highest BCUT2D eigenvalue weighted by molar-refractivity contribution is 5.91. The average Bonchev–Trinajstić information content (AvgIpc) is 0.849. The fourth-order valence-electron chi connectivity index (χ4n) is 11.5. The van der Waals surface area contributed by atoms with Gasteiger partial charge in [0, 0.05) is 5.56 Å². The Balaban J connectivity index is 0.000000668. The summed E-state index contributed by atoms with van der Waals surface area (Å²) in [6, 6.07) is 68.7. The van der Waals surface area contributed by atoms with Crippen LogP contribution in [0.15, 0.2) is 237 Å². The van der Waals surface area contributed by atoms with E-state index in [0.29, 0.717) is 47.7 Å². The molecule has 0 amide bonds. The molecule has 0 heterocycles. The van der Waals surface area contributed by atoms with Crippen molar-refractivity contribution >= 4 is 5.97 Å². The molecule has 0 N–H and O–H groups in total. The molecule has 0 aliphatic rings. The van der Waals surface area contributed by atoms with Crippen LogP contribution in [0.5, 0.6) is 17.2 Å². The number of aryl methyl sites for hydroxylation is 2. The maximum atomic E-state index is 12.9. The maximum Gasteiger partial charge on any atom is 0.573 e. The van der Waals surface area contributed by atoms with Gasteiger partial charge in [-0.1, -0.05) is 302 Å². The molecule has 16 heteroatoms. The van der Waals surface area contributed by atoms with Crippen molar-refractivity contribution in [3.63, 3.8) is 0 Å². The van der Waals surface area contributed by atoms with E-state index < -0.39 is 29.7 Å². The smallest absolute Gasteiger partial charge is 0.496 e. The monoisotopic (exact) mass is 1670 g/mol. The Morgan fingerprint density at radius 1 is 0.367 bits per heavy atom. The van der Waals surface area contributed by atoms with Crippen LogP contribution in [0, 0.1) is 65.6 Å². The topological polar surface area (TPSA) is 54.0 Å². The zero-order valence-corrected chi connectivity index (χ0v) is 75.4. The number of rotatable bonds is 21. The summed E-state index contributed by atoms with van der Waals surface area (Å²) in [6.07, 6.45) is -2.45. The third-order valence-corrected chi connectivity index (χ3v) is 17.7. The van der Waals surface area contributed by atoms with Gasteiger partial charge >= 0.3 is 18.5 Å². The lowest BCUT2D eigenvalue weighted by Gasteiger charge is -2.15. The van der Waals surface area contributed by atoms with Gasteiger partial charge in [-0.05, 0) is 240 Å². The van der Waals surface area contributed by atoms with E-state index in [1.807, 2.05) is 141 Å². The van der Waals surface area contributed by atoms with Gasteiger partial charge in [-0.2, -0.15) is 13.2 Å². The minimum Gasteiger partial charge on any atom is -0.496 e. The average molecular weight is 1670 g/mol. The summed E-state index contributed by atoms with van der Waals surface area (Å²) < 4.78 is 154. The van der Waals surface area contributed by atoms with Crippen molar-refractivity contribution in [2.45, 2.75) is 233 Å². The first kappa shape index (κ1) is 108. The van der Waals surface area contributed by atoms with Gasteiger partial charge in [0.25, 0.3) is 0 Å². The number of alkyl halides is 6. The normalized spacial score (nSPS) is 10.8. The van der Waals surface area contributed by atoms with Gasteiger partial charge in [-0.15, -0.1) is 13.2 Å². The summed E-state index contributed by atoms with van der Waals surface area (Å²) in [6.45, 7) is 46.1. The lowest BCUT2D eigenvalue weighted by atomic mass is 9.97. The zero-order valence-electron chi connectivity index (χ0n) is 75.4. The molecule has 0 saturated heterocycles. The van der Waals surface area contributed by atoms with E-state index in [2.05, 4.69) is 149 Å². The second kappa shape index (κ2) is 58.3. The van der Waals surface area contributed by atoms with Crippen LogP contribution in [0.1, 0.15) is 259 Å². The van der Waals surface area contributed by atoms with E-state index in [-0.39, 0.29) is 41.0 Å². The molecule has 0 unspecified atom stereocenters. The first-order valence-corrected chi connectivity index (χ1v) is 41.6. The number of benzene rings is 10. The van der Waals surface area contributed by atoms with Crippen molar-refractivity contribution in [3.8, 4) is 17.2 Å². The van der Waals surface area contributed by atoms with Crippen molar-refractivity contribution < 1.29 is 72.0 Å². The zero-order chi connectivity index (χ0) is 90.8. The highest BCUT2D eigenvalue weighted by Gasteiger charge is 2.31. The van der Waals surface area contributed by atoms with Gasteiger partial charge in [0.05, 0.1) is 32.0 Å². The highest BCUT2D eigenvalue weighted by atomic mass is 19.4. The molecule has 0 aliphatic carbocycles. The van der Waals surface area contributed by atoms with Gasteiger partial charge in [0.1, 0.15) is 34.7 Å². The van der Waals surface area contributed by atoms with Gasteiger partial charge in [-0.3, -0.25) is 0 Å². The Bertz CT molecular complexity index is 4260. The first-order valence-electron chi connectivity index (χ1n) is 41.6. The molecule has 5 nitrogen and oxygen atoms in total. The number of hydrogen-bond acceptors (Lipinski definition) is 5. The van der Waals surface area contributed by atoms with E-state index in [1.165, 1.54) is 84.0 Å². The van der Waals surface area contributed by atoms with Crippen molar-refractivity contribution in [1.82, 2.24) is 0 Å². The number of methoxy groups -OCH3 is 2. The van der Waals surface area contributed by atoms with Gasteiger partial charge in [0.15, 0.2) is 11.6 Å². The standard InChI is InChI=1S/C12H16O2.C11H13F3.C11H16O2.2C11H16.C10H11F3O.2C10H13F.C9H10F2.C9H11F/c1-4-14-12(13)11-8-6-5-7-10(11)9(2)3;1-8(2)7-9-3-5-10(6-4-9)11(12,13)14;1-8(2)11-9(12-3)6-5-7-10(11)13-4;1-9(2)8-11-6-4-10(3)5-7-11;1-10(2)8-9-11-6-4-3-5-7-11;1-7(2)8-3-5-9(6-4-8)14-10(11,12)13;1-8(2)7-9-3-5-10(11)6-4-9;1-8(2)7-9-5-3-4-6-10(9)11;1-6(2)7-3-4-8(10)9(11)5-7;1-7(2)8-5-3-4-6-9(8)10/h5-9H,4H2,1-3H3;3-6,8H,7H2,1-2H3;5-8H,1-4H3;4-7,9H,8H2,1-3H3;3-7,10H,8-9H2,1-2H3;3-7H,1-2H3;2*3-6,8H,7H2,1-2H3;3-6H,1-2H3;3-7H,1-2H3. The summed E-state index contributed by atoms with van der Waals surface area (Å²) in [5.41, 5.74) is 12.1. The summed E-state index contributed by atoms with van der Waals surface area (Å²) in [7, 11) is 3.36. The number of carbonyl (C=O) groups is 1. The molecular formula is C104H135F11O5. The van der Waals surface area contributed by atoms with E-state index in [9.17, 15) is 53.1 Å². The second-order valence-corrected chi connectivity index (χ2v) is 32.7. The van der Waals surface area contributed by atoms with Crippen molar-refractivity contribution in [2.24, 2.45) is 29.6 Å². The molecule has 0 spiro atoms. The van der Waals surface area contributed by atoms with E-state index in [4.69, 9.17) is 14.2 Å². The lowest BCUT2D eigenvalue weighted by Crippen LogP contribution is -2.17. The quantitative estimate of drug-likeness (QED) is 0.0530. The highest BCUT2D eigenvalue weighted by Crippen LogP contribution is 2.35. The fourth-order valence-corrected chi connectivity index (χ4v) is 11.5. The van der Waals surface area contributed by atoms with Crippen LogP contribution in [0.4, 0.5) is 48.3 Å². The summed E-state index contributed by atoms with van der Waals surface area (Å²) in [5, 5.41) is 0. The largest absolute Gasteiger partial charge is 0.573 e. The number of hydrogen-bond donors (Lipinski definition) is 0. The summed E-state index contributed by atoms with van der Waals surface area (Å²) in [4.78, 5) is 11.5. The van der Waals surface area contributed by atoms with Gasteiger partial charge in [0.2, 0.25) is 0 Å². The van der Waals surface area contributed by atoms with Crippen LogP contribution in [0.25, 0.3) is 0 Å². The molecule has 120 heavy (non-hydrogen) atoms. The fraction of sp³-hybridized carbons (Fsp3) is 0.413. The molecule has 10 aromatic rings. The van der Waals surface area contributed by atoms with Crippen molar-refractivity contribution in [3.05, 3.63) is 338 Å². The Morgan fingerprint density at radius 2 is 0.792 bits per heavy atom. The van der Waals surface area contributed by atoms with Gasteiger partial charge in [-0.25, -0.2) is 26.7 Å². The molecule has 0 saturated carbocycles. The van der Waals surface area contributed by atoms with Crippen LogP contribution >= 0.6 is 0 Å². The Labute approximate surface area is 712 Å². The van der Waals surface area contributed by atoms with Gasteiger partial charge < -0.3 is 18.9 Å². The predicted molar refractivity (Wildman–Crippen MR) is 477 cm³/mol. The number of halogens is 11. The molecule has 10 rings (SSSR count). The van der Waals surface area contributed by atoms with Crippen molar-refractivity contribution in [1.29, 1.82) is 0 Å². The Kier molecular flexibility index (Phi) is 52.6. The molecule has 0 fully saturated rings. The number of esters is 1. The van der Waals surface area contributed by atoms with Crippen LogP contribution in [-0.4, -0.2) is 33.2 Å². The molecule has 10 aromatic carbocycles. The first-order chi connectivity index (χ1) is 56.3. The van der Waals surface area contributed by atoms with Crippen molar-refractivity contribution in [2.75, 3.05) is 20.8 Å². The lowest BCUT2D eigenvalue weighted by molar-refractivity contribution is -0.274. The van der Waals surface area contributed by atoms with E-state index in [0.717, 1.165) is 99.7 Å². The molecule has 0 aliphatic heterocycles. The Morgan fingerprint density at radius 3 is 1.18 bits per heavy atom. The third kappa shape index (κ3) is 47.9. The summed E-state index contributed by atoms with van der Waals surface area (Å²) in [5.74, 6) is 4.28. The van der Waals surface area contributed by atoms with E-state index >= 15 is 0 Å². The minimum absolute atomic E-state index is 0.0822. The SMILES string of the molecule is CC(C)CCc1ccccc1.CC(C)Cc1ccc(C(F)(F)F)cc1.CC(C)Cc1ccc(F)cc1.CC(C)Cc1ccccc1F.CC(C)c1ccc(F)c(F)c1.CC(C)c1ccc(OC(F)(F)F)cc1.CC(C)c1ccccc1F.CCOC(=O)c1ccccc1C(C)C.COc1cccc(OC)c1C(C)C.Cc1ccc(CC(C)C)cc1. The second-order valence-electron chi connectivity index (χ2n) is 32.7. The summed E-state index contributed by atoms with van der Waals surface area (Å²) >= 11 is 0. The van der Waals surface area contributed by atoms with Crippen LogP contribution < -0.4 is 14.2 Å². The molecule has 0 aromatic heterocycles. The third-order valence-electron chi connectivity index (χ3n) is 17.7. The van der Waals surface area contributed by atoms with Crippen LogP contribution in [0.2, 0.25) is 0 Å². The molecular weight excluding hydrogens is 1540 g/mol. The molecule has 0 radical (unpaired) electrons. The minimum atomic E-state index is -4.61. The van der Waals surface area contributed by atoms with Crippen LogP contribution in [0.3, 0.4) is 0 Å². The molecule has 0 atom stereocenters. The molecule has 658 valence electrons. The number of ether oxygens (including phenoxy) is 4. The maximum absolute atomic E-state index is 12.9. The number of carbonyl (C=O) groups excluding carboxylic acids is 1. The van der Waals surface area contributed by atoms with Crippen LogP contribution in [-0.2, 0) is 43.0 Å².